The van der Waals surface area contributed by atoms with Gasteiger partial charge in [0.1, 0.15) is 23.1 Å². The minimum atomic E-state index is -3.09. The van der Waals surface area contributed by atoms with Gasteiger partial charge in [0.2, 0.25) is 0 Å². The van der Waals surface area contributed by atoms with Crippen molar-refractivity contribution in [1.82, 2.24) is 0 Å². The Morgan fingerprint density at radius 3 is 2.38 bits per heavy atom. The number of aliphatic hydroxyl groups is 4. The molecule has 13 heavy (non-hydrogen) atoms. The number of hydrogen-bond acceptors (Lipinski definition) is 5. The lowest BCUT2D eigenvalue weighted by atomic mass is 10.0. The minimum absolute atomic E-state index is 0.690. The van der Waals surface area contributed by atoms with E-state index in [9.17, 15) is 14.6 Å². The van der Waals surface area contributed by atoms with Gasteiger partial charge in [-0.15, -0.1) is 0 Å². The van der Waals surface area contributed by atoms with Crippen LogP contribution < -0.4 is 0 Å². The van der Waals surface area contributed by atoms with E-state index in [0.29, 0.717) is 0 Å². The van der Waals surface area contributed by atoms with Gasteiger partial charge in [0.25, 0.3) is 0 Å². The molecule has 0 radical (unpaired) electrons. The van der Waals surface area contributed by atoms with Crippen molar-refractivity contribution >= 4 is 15.9 Å². The molecular formula is C6H10BrFO5. The van der Waals surface area contributed by atoms with Crippen molar-refractivity contribution < 1.29 is 29.6 Å². The molecule has 4 N–H and O–H groups in total. The number of rotatable bonds is 1. The second-order valence-corrected chi connectivity index (χ2v) is 3.82. The van der Waals surface area contributed by atoms with E-state index in [1.165, 1.54) is 0 Å². The summed E-state index contributed by atoms with van der Waals surface area (Å²) in [5.74, 6) is 0. The Morgan fingerprint density at radius 2 is 1.92 bits per heavy atom. The lowest BCUT2D eigenvalue weighted by molar-refractivity contribution is -0.358. The predicted octanol–water partition coefficient (Wildman–Crippen LogP) is -1.52. The summed E-state index contributed by atoms with van der Waals surface area (Å²) >= 11 is 2.63. The summed E-state index contributed by atoms with van der Waals surface area (Å²) in [4.78, 5) is -1.45. The van der Waals surface area contributed by atoms with Crippen LogP contribution in [0.15, 0.2) is 0 Å². The zero-order chi connectivity index (χ0) is 10.2. The number of halogens is 2. The monoisotopic (exact) mass is 260 g/mol. The second kappa shape index (κ2) is 3.76. The van der Waals surface area contributed by atoms with E-state index < -0.39 is 35.8 Å². The van der Waals surface area contributed by atoms with E-state index >= 15 is 0 Å². The molecule has 7 heteroatoms. The van der Waals surface area contributed by atoms with Gasteiger partial charge in [-0.2, -0.15) is 4.39 Å². The molecule has 5 atom stereocenters. The van der Waals surface area contributed by atoms with E-state index in [0.717, 1.165) is 0 Å². The van der Waals surface area contributed by atoms with E-state index in [-0.39, 0.29) is 0 Å². The summed E-state index contributed by atoms with van der Waals surface area (Å²) in [7, 11) is 0. The van der Waals surface area contributed by atoms with Crippen LogP contribution in [0.4, 0.5) is 4.39 Å². The number of hydrogen-bond donors (Lipinski definition) is 4. The van der Waals surface area contributed by atoms with Gasteiger partial charge in [-0.3, -0.25) is 0 Å². The molecule has 78 valence electrons. The molecule has 0 spiro atoms. The third-order valence-corrected chi connectivity index (χ3v) is 2.97. The maximum Gasteiger partial charge on any atom is 0.333 e. The Bertz CT molecular complexity index is 188. The molecule has 1 aliphatic heterocycles. The van der Waals surface area contributed by atoms with Gasteiger partial charge in [0, 0.05) is 0 Å². The summed E-state index contributed by atoms with van der Waals surface area (Å²) in [5, 5.41) is 35.9. The Morgan fingerprint density at radius 1 is 1.38 bits per heavy atom. The molecule has 0 aromatic carbocycles. The highest BCUT2D eigenvalue weighted by Crippen LogP contribution is 2.33. The van der Waals surface area contributed by atoms with Crippen molar-refractivity contribution in [2.24, 2.45) is 0 Å². The summed E-state index contributed by atoms with van der Waals surface area (Å²) < 4.78 is 17.3. The number of aliphatic hydroxyl groups excluding tert-OH is 3. The zero-order valence-corrected chi connectivity index (χ0v) is 8.06. The van der Waals surface area contributed by atoms with Gasteiger partial charge >= 0.3 is 6.04 Å². The van der Waals surface area contributed by atoms with Crippen LogP contribution >= 0.6 is 15.9 Å². The van der Waals surface area contributed by atoms with Crippen LogP contribution in [0, 0.1) is 0 Å². The first-order chi connectivity index (χ1) is 5.90. The van der Waals surface area contributed by atoms with Gasteiger partial charge in [0.15, 0.2) is 0 Å². The topological polar surface area (TPSA) is 90.2 Å². The standard InChI is InChI=1S/C6H10BrFO5/c7-5-4(11)3(10)2(1-9)13-6(5,8)12/h2-5,9-12H,1H2. The maximum atomic E-state index is 13.0. The van der Waals surface area contributed by atoms with Crippen molar-refractivity contribution in [2.45, 2.75) is 29.2 Å². The van der Waals surface area contributed by atoms with Crippen molar-refractivity contribution in [2.75, 3.05) is 6.61 Å². The fraction of sp³-hybridized carbons (Fsp3) is 1.00. The fourth-order valence-corrected chi connectivity index (χ4v) is 1.52. The van der Waals surface area contributed by atoms with Crippen LogP contribution in [0.3, 0.4) is 0 Å². The third kappa shape index (κ3) is 2.00. The molecule has 0 saturated carbocycles. The Kier molecular flexibility index (Phi) is 3.26. The van der Waals surface area contributed by atoms with Crippen LogP contribution in [-0.4, -0.2) is 56.2 Å². The fourth-order valence-electron chi connectivity index (χ4n) is 1.10. The van der Waals surface area contributed by atoms with Gasteiger partial charge in [-0.05, 0) is 0 Å². The molecule has 1 rings (SSSR count). The molecule has 1 aliphatic rings. The van der Waals surface area contributed by atoms with Gasteiger partial charge in [0.05, 0.1) is 6.61 Å². The lowest BCUT2D eigenvalue weighted by Crippen LogP contribution is -2.61. The Balaban J connectivity index is 2.79. The SMILES string of the molecule is OCC1OC(O)(F)C(Br)C(O)C1O. The lowest BCUT2D eigenvalue weighted by Gasteiger charge is -2.40. The van der Waals surface area contributed by atoms with Crippen molar-refractivity contribution in [1.29, 1.82) is 0 Å². The highest BCUT2D eigenvalue weighted by atomic mass is 79.9. The highest BCUT2D eigenvalue weighted by Gasteiger charge is 2.52. The molecule has 0 aliphatic carbocycles. The van der Waals surface area contributed by atoms with Crippen LogP contribution in [0.1, 0.15) is 0 Å². The minimum Gasteiger partial charge on any atom is -0.394 e. The van der Waals surface area contributed by atoms with Crippen molar-refractivity contribution in [3.8, 4) is 0 Å². The normalized spacial score (nSPS) is 52.2. The molecule has 5 unspecified atom stereocenters. The smallest absolute Gasteiger partial charge is 0.333 e. The highest BCUT2D eigenvalue weighted by molar-refractivity contribution is 9.09. The third-order valence-electron chi connectivity index (χ3n) is 1.87. The zero-order valence-electron chi connectivity index (χ0n) is 6.47. The first kappa shape index (κ1) is 11.3. The van der Waals surface area contributed by atoms with E-state index in [4.69, 9.17) is 10.2 Å². The summed E-state index contributed by atoms with van der Waals surface area (Å²) in [6.07, 6.45) is -4.31. The van der Waals surface area contributed by atoms with Gasteiger partial charge in [-0.1, -0.05) is 15.9 Å². The van der Waals surface area contributed by atoms with E-state index in [2.05, 4.69) is 20.7 Å². The molecule has 0 bridgehead atoms. The molecule has 1 heterocycles. The molecule has 0 aromatic rings. The van der Waals surface area contributed by atoms with Crippen LogP contribution in [0.25, 0.3) is 0 Å². The largest absolute Gasteiger partial charge is 0.394 e. The van der Waals surface area contributed by atoms with Crippen LogP contribution in [0.5, 0.6) is 0 Å². The van der Waals surface area contributed by atoms with E-state index in [1.54, 1.807) is 0 Å². The average molecular weight is 261 g/mol. The van der Waals surface area contributed by atoms with Crippen molar-refractivity contribution in [3.63, 3.8) is 0 Å². The summed E-state index contributed by atoms with van der Waals surface area (Å²) in [6, 6.07) is -3.09. The maximum absolute atomic E-state index is 13.0. The molecular weight excluding hydrogens is 251 g/mol. The second-order valence-electron chi connectivity index (χ2n) is 2.83. The molecule has 1 fully saturated rings. The Labute approximate surface area is 81.9 Å². The quantitative estimate of drug-likeness (QED) is 0.430. The molecule has 0 amide bonds. The van der Waals surface area contributed by atoms with E-state index in [1.807, 2.05) is 0 Å². The molecule has 5 nitrogen and oxygen atoms in total. The van der Waals surface area contributed by atoms with Crippen LogP contribution in [0.2, 0.25) is 0 Å². The van der Waals surface area contributed by atoms with Crippen molar-refractivity contribution in [3.05, 3.63) is 0 Å². The van der Waals surface area contributed by atoms with Gasteiger partial charge < -0.3 is 25.2 Å². The summed E-state index contributed by atoms with van der Waals surface area (Å²) in [5.41, 5.74) is 0. The number of alkyl halides is 2. The Hall–Kier alpha value is 0.210. The first-order valence-electron chi connectivity index (χ1n) is 3.60. The first-order valence-corrected chi connectivity index (χ1v) is 4.52. The predicted molar refractivity (Wildman–Crippen MR) is 42.7 cm³/mol. The van der Waals surface area contributed by atoms with Crippen LogP contribution in [-0.2, 0) is 4.74 Å². The molecule has 1 saturated heterocycles. The number of ether oxygens (including phenoxy) is 1. The average Bonchev–Trinajstić information content (AvgIpc) is 2.08. The van der Waals surface area contributed by atoms with Gasteiger partial charge in [-0.25, -0.2) is 0 Å². The molecule has 0 aromatic heterocycles. The summed E-state index contributed by atoms with van der Waals surface area (Å²) in [6.45, 7) is -0.690.